The average Bonchev–Trinajstić information content (AvgIpc) is 2.99. The molecule has 0 aliphatic carbocycles. The second kappa shape index (κ2) is 6.80. The fraction of sp³-hybridized carbons (Fsp3) is 0.222. The van der Waals surface area contributed by atoms with E-state index in [-0.39, 0.29) is 23.8 Å². The fourth-order valence-corrected chi connectivity index (χ4v) is 3.82. The first-order valence-corrected chi connectivity index (χ1v) is 9.47. The van der Waals surface area contributed by atoms with E-state index in [9.17, 15) is 18.0 Å². The van der Waals surface area contributed by atoms with Crippen LogP contribution in [-0.2, 0) is 19.6 Å². The maximum Gasteiger partial charge on any atom is 0.308 e. The third kappa shape index (κ3) is 3.70. The van der Waals surface area contributed by atoms with E-state index in [1.165, 1.54) is 29.2 Å². The number of anilines is 2. The predicted octanol–water partition coefficient (Wildman–Crippen LogP) is 2.23. The number of carbonyl (C=O) groups is 2. The number of amides is 1. The molecular weight excluding hydrogens is 356 g/mol. The van der Waals surface area contributed by atoms with E-state index in [4.69, 9.17) is 5.11 Å². The van der Waals surface area contributed by atoms with Crippen molar-refractivity contribution >= 4 is 33.3 Å². The van der Waals surface area contributed by atoms with Gasteiger partial charge in [0.2, 0.25) is 5.91 Å². The number of nitrogens with zero attached hydrogens (tertiary/aromatic N) is 1. The van der Waals surface area contributed by atoms with Gasteiger partial charge in [-0.2, -0.15) is 0 Å². The summed E-state index contributed by atoms with van der Waals surface area (Å²) in [6.45, 7) is 1.99. The molecule has 0 saturated carbocycles. The van der Waals surface area contributed by atoms with Gasteiger partial charge in [0, 0.05) is 24.3 Å². The second-order valence-electron chi connectivity index (χ2n) is 6.21. The van der Waals surface area contributed by atoms with E-state index in [0.717, 1.165) is 5.56 Å². The molecule has 1 atom stereocenters. The molecule has 1 amide bonds. The van der Waals surface area contributed by atoms with Gasteiger partial charge in [-0.15, -0.1) is 0 Å². The van der Waals surface area contributed by atoms with Crippen LogP contribution in [0.15, 0.2) is 53.4 Å². The molecule has 0 unspecified atom stereocenters. The van der Waals surface area contributed by atoms with E-state index in [1.807, 2.05) is 6.92 Å². The number of nitrogens with one attached hydrogen (secondary N) is 1. The Labute approximate surface area is 151 Å². The van der Waals surface area contributed by atoms with Crippen molar-refractivity contribution in [3.8, 4) is 0 Å². The molecular formula is C18H18N2O5S. The summed E-state index contributed by atoms with van der Waals surface area (Å²) in [4.78, 5) is 24.4. The van der Waals surface area contributed by atoms with Crippen LogP contribution in [0.3, 0.4) is 0 Å². The lowest BCUT2D eigenvalue weighted by atomic mass is 10.1. The van der Waals surface area contributed by atoms with Crippen molar-refractivity contribution in [2.75, 3.05) is 16.2 Å². The molecule has 3 rings (SSSR count). The molecule has 1 aliphatic rings. The van der Waals surface area contributed by atoms with Gasteiger partial charge >= 0.3 is 5.97 Å². The van der Waals surface area contributed by atoms with Crippen molar-refractivity contribution in [2.24, 2.45) is 5.92 Å². The van der Waals surface area contributed by atoms with E-state index in [0.29, 0.717) is 11.4 Å². The van der Waals surface area contributed by atoms with Crippen LogP contribution in [0.2, 0.25) is 0 Å². The number of aliphatic carboxylic acids is 1. The van der Waals surface area contributed by atoms with Crippen LogP contribution in [0.4, 0.5) is 11.4 Å². The molecule has 0 aromatic heterocycles. The van der Waals surface area contributed by atoms with Gasteiger partial charge in [0.05, 0.1) is 10.8 Å². The highest BCUT2D eigenvalue weighted by molar-refractivity contribution is 7.92. The lowest BCUT2D eigenvalue weighted by Crippen LogP contribution is -2.25. The molecule has 2 aromatic rings. The lowest BCUT2D eigenvalue weighted by molar-refractivity contribution is -0.141. The Morgan fingerprint density at radius 3 is 2.27 bits per heavy atom. The molecule has 1 saturated heterocycles. The number of aryl methyl sites for hydroxylation is 1. The minimum absolute atomic E-state index is 0.0512. The number of hydrogen-bond acceptors (Lipinski definition) is 4. The number of sulfonamides is 1. The maximum absolute atomic E-state index is 12.5. The van der Waals surface area contributed by atoms with Crippen LogP contribution in [0.25, 0.3) is 0 Å². The maximum atomic E-state index is 12.5. The molecule has 7 nitrogen and oxygen atoms in total. The van der Waals surface area contributed by atoms with Gasteiger partial charge < -0.3 is 10.0 Å². The summed E-state index contributed by atoms with van der Waals surface area (Å²) in [6, 6.07) is 12.8. The van der Waals surface area contributed by atoms with Crippen LogP contribution in [0, 0.1) is 12.8 Å². The van der Waals surface area contributed by atoms with Crippen molar-refractivity contribution in [1.82, 2.24) is 0 Å². The lowest BCUT2D eigenvalue weighted by Gasteiger charge is -2.16. The number of carboxylic acid groups (broad SMARTS) is 1. The predicted molar refractivity (Wildman–Crippen MR) is 96.5 cm³/mol. The van der Waals surface area contributed by atoms with Crippen LogP contribution in [-0.4, -0.2) is 31.9 Å². The van der Waals surface area contributed by atoms with Crippen molar-refractivity contribution < 1.29 is 23.1 Å². The van der Waals surface area contributed by atoms with Gasteiger partial charge in [-0.1, -0.05) is 17.7 Å². The third-order valence-electron chi connectivity index (χ3n) is 4.24. The van der Waals surface area contributed by atoms with E-state index in [2.05, 4.69) is 4.72 Å². The van der Waals surface area contributed by atoms with Crippen molar-refractivity contribution in [3.05, 3.63) is 54.1 Å². The summed E-state index contributed by atoms with van der Waals surface area (Å²) in [7, 11) is -3.75. The van der Waals surface area contributed by atoms with Gasteiger partial charge in [-0.25, -0.2) is 8.42 Å². The Balaban J connectivity index is 1.77. The fourth-order valence-electron chi connectivity index (χ4n) is 2.76. The number of hydrogen-bond donors (Lipinski definition) is 2. The Kier molecular flexibility index (Phi) is 4.69. The topological polar surface area (TPSA) is 104 Å². The number of benzene rings is 2. The average molecular weight is 374 g/mol. The van der Waals surface area contributed by atoms with Crippen molar-refractivity contribution in [1.29, 1.82) is 0 Å². The Morgan fingerprint density at radius 2 is 1.73 bits per heavy atom. The van der Waals surface area contributed by atoms with Crippen LogP contribution >= 0.6 is 0 Å². The zero-order valence-electron chi connectivity index (χ0n) is 14.0. The normalized spacial score (nSPS) is 17.3. The van der Waals surface area contributed by atoms with Crippen LogP contribution in [0.1, 0.15) is 12.0 Å². The highest BCUT2D eigenvalue weighted by atomic mass is 32.2. The monoisotopic (exact) mass is 374 g/mol. The van der Waals surface area contributed by atoms with Crippen molar-refractivity contribution in [3.63, 3.8) is 0 Å². The first-order valence-electron chi connectivity index (χ1n) is 7.99. The molecule has 136 valence electrons. The SMILES string of the molecule is Cc1ccc(NS(=O)(=O)c2ccc(N3C[C@H](C(=O)O)CC3=O)cc2)cc1. The highest BCUT2D eigenvalue weighted by Gasteiger charge is 2.35. The molecule has 2 N–H and O–H groups in total. The van der Waals surface area contributed by atoms with E-state index >= 15 is 0 Å². The smallest absolute Gasteiger partial charge is 0.308 e. The second-order valence-corrected chi connectivity index (χ2v) is 7.89. The molecule has 0 bridgehead atoms. The molecule has 1 aliphatic heterocycles. The van der Waals surface area contributed by atoms with Crippen molar-refractivity contribution in [2.45, 2.75) is 18.2 Å². The first-order chi connectivity index (χ1) is 12.3. The third-order valence-corrected chi connectivity index (χ3v) is 5.63. The molecule has 2 aromatic carbocycles. The molecule has 0 spiro atoms. The summed E-state index contributed by atoms with van der Waals surface area (Å²) in [5.74, 6) is -2.04. The number of carbonyl (C=O) groups excluding carboxylic acids is 1. The summed E-state index contributed by atoms with van der Waals surface area (Å²) in [5.41, 5.74) is 1.96. The molecule has 1 fully saturated rings. The minimum Gasteiger partial charge on any atom is -0.481 e. The van der Waals surface area contributed by atoms with Gasteiger partial charge in [-0.3, -0.25) is 14.3 Å². The first kappa shape index (κ1) is 17.9. The summed E-state index contributed by atoms with van der Waals surface area (Å²) in [6.07, 6.45) is -0.0512. The standard InChI is InChI=1S/C18H18N2O5S/c1-12-2-4-14(5-3-12)19-26(24,25)16-8-6-15(7-9-16)20-11-13(18(22)23)10-17(20)21/h2-9,13,19H,10-11H2,1H3,(H,22,23)/t13-/m1/s1. The number of carboxylic acids is 1. The molecule has 26 heavy (non-hydrogen) atoms. The quantitative estimate of drug-likeness (QED) is 0.835. The molecule has 0 radical (unpaired) electrons. The zero-order chi connectivity index (χ0) is 18.9. The highest BCUT2D eigenvalue weighted by Crippen LogP contribution is 2.27. The van der Waals surface area contributed by atoms with Gasteiger partial charge in [0.1, 0.15) is 0 Å². The van der Waals surface area contributed by atoms with E-state index in [1.54, 1.807) is 24.3 Å². The summed E-state index contributed by atoms with van der Waals surface area (Å²) in [5, 5.41) is 9.04. The van der Waals surface area contributed by atoms with Crippen LogP contribution in [0.5, 0.6) is 0 Å². The molecule has 1 heterocycles. The Hall–Kier alpha value is -2.87. The number of rotatable bonds is 5. The largest absolute Gasteiger partial charge is 0.481 e. The Bertz CT molecular complexity index is 937. The van der Waals surface area contributed by atoms with Gasteiger partial charge in [0.25, 0.3) is 10.0 Å². The zero-order valence-corrected chi connectivity index (χ0v) is 14.9. The Morgan fingerprint density at radius 1 is 1.12 bits per heavy atom. The summed E-state index contributed by atoms with van der Waals surface area (Å²) < 4.78 is 27.4. The minimum atomic E-state index is -3.75. The molecule has 8 heteroatoms. The van der Waals surface area contributed by atoms with Gasteiger partial charge in [-0.05, 0) is 43.3 Å². The van der Waals surface area contributed by atoms with E-state index < -0.39 is 21.9 Å². The summed E-state index contributed by atoms with van der Waals surface area (Å²) >= 11 is 0. The van der Waals surface area contributed by atoms with Crippen LogP contribution < -0.4 is 9.62 Å². The van der Waals surface area contributed by atoms with Gasteiger partial charge in [0.15, 0.2) is 0 Å².